The van der Waals surface area contributed by atoms with Crippen LogP contribution in [0, 0.1) is 6.92 Å². The molecule has 4 aromatic rings. The summed E-state index contributed by atoms with van der Waals surface area (Å²) >= 11 is 3.16. The Morgan fingerprint density at radius 1 is 1.04 bits per heavy atom. The van der Waals surface area contributed by atoms with Crippen molar-refractivity contribution in [1.82, 2.24) is 9.97 Å². The standard InChI is InChI=1S/C21H17N3OS2/c1-14-3-2-4-16(11-14)21-24-18(13-27-21)12-19(25)23-17-7-5-15(6-8-17)20-22-9-10-26-20/h2-11,13H,12H2,1H3,(H,23,25). The van der Waals surface area contributed by atoms with Gasteiger partial charge in [0.05, 0.1) is 12.1 Å². The second-order valence-electron chi connectivity index (χ2n) is 6.15. The molecule has 0 saturated heterocycles. The highest BCUT2D eigenvalue weighted by Crippen LogP contribution is 2.25. The first-order valence-electron chi connectivity index (χ1n) is 8.48. The third-order valence-corrected chi connectivity index (χ3v) is 5.77. The molecule has 4 rings (SSSR count). The Hall–Kier alpha value is -2.83. The molecular weight excluding hydrogens is 374 g/mol. The van der Waals surface area contributed by atoms with Gasteiger partial charge in [-0.25, -0.2) is 9.97 Å². The van der Waals surface area contributed by atoms with Crippen LogP contribution in [0.1, 0.15) is 11.3 Å². The smallest absolute Gasteiger partial charge is 0.230 e. The first-order chi connectivity index (χ1) is 13.2. The zero-order valence-electron chi connectivity index (χ0n) is 14.7. The van der Waals surface area contributed by atoms with Gasteiger partial charge < -0.3 is 5.32 Å². The monoisotopic (exact) mass is 391 g/mol. The van der Waals surface area contributed by atoms with Crippen LogP contribution in [0.3, 0.4) is 0 Å². The summed E-state index contributed by atoms with van der Waals surface area (Å²) in [6.45, 7) is 2.06. The van der Waals surface area contributed by atoms with Gasteiger partial charge >= 0.3 is 0 Å². The molecule has 2 aromatic carbocycles. The molecule has 0 bridgehead atoms. The molecule has 0 unspecified atom stereocenters. The van der Waals surface area contributed by atoms with Crippen molar-refractivity contribution in [2.24, 2.45) is 0 Å². The van der Waals surface area contributed by atoms with Crippen LogP contribution in [0.2, 0.25) is 0 Å². The van der Waals surface area contributed by atoms with Crippen molar-refractivity contribution in [2.75, 3.05) is 5.32 Å². The van der Waals surface area contributed by atoms with Gasteiger partial charge in [-0.15, -0.1) is 22.7 Å². The van der Waals surface area contributed by atoms with E-state index in [1.54, 1.807) is 28.9 Å². The number of hydrogen-bond acceptors (Lipinski definition) is 5. The van der Waals surface area contributed by atoms with Crippen LogP contribution in [0.25, 0.3) is 21.1 Å². The second kappa shape index (κ2) is 7.82. The summed E-state index contributed by atoms with van der Waals surface area (Å²) in [5.74, 6) is -0.0712. The summed E-state index contributed by atoms with van der Waals surface area (Å²) in [4.78, 5) is 21.2. The zero-order valence-corrected chi connectivity index (χ0v) is 16.3. The molecule has 0 aliphatic carbocycles. The molecule has 0 atom stereocenters. The lowest BCUT2D eigenvalue weighted by molar-refractivity contribution is -0.115. The zero-order chi connectivity index (χ0) is 18.6. The average molecular weight is 392 g/mol. The summed E-state index contributed by atoms with van der Waals surface area (Å²) in [6.07, 6.45) is 2.05. The number of carbonyl (C=O) groups excluding carboxylic acids is 1. The van der Waals surface area contributed by atoms with Crippen LogP contribution in [0.4, 0.5) is 5.69 Å². The van der Waals surface area contributed by atoms with Crippen LogP contribution in [0.15, 0.2) is 65.5 Å². The van der Waals surface area contributed by atoms with E-state index in [4.69, 9.17) is 0 Å². The highest BCUT2D eigenvalue weighted by Gasteiger charge is 2.10. The van der Waals surface area contributed by atoms with E-state index in [1.165, 1.54) is 5.56 Å². The average Bonchev–Trinajstić information content (AvgIpc) is 3.34. The Morgan fingerprint density at radius 2 is 1.89 bits per heavy atom. The molecule has 1 amide bonds. The van der Waals surface area contributed by atoms with Gasteiger partial charge in [-0.3, -0.25) is 4.79 Å². The van der Waals surface area contributed by atoms with Crippen molar-refractivity contribution in [3.63, 3.8) is 0 Å². The number of carbonyl (C=O) groups is 1. The number of nitrogens with one attached hydrogen (secondary N) is 1. The maximum atomic E-state index is 12.3. The Bertz CT molecular complexity index is 1050. The Labute approximate surface area is 165 Å². The Balaban J connectivity index is 1.40. The molecule has 0 spiro atoms. The van der Waals surface area contributed by atoms with E-state index < -0.39 is 0 Å². The Kier molecular flexibility index (Phi) is 5.09. The highest BCUT2D eigenvalue weighted by molar-refractivity contribution is 7.13. The number of benzene rings is 2. The number of aryl methyl sites for hydroxylation is 1. The minimum absolute atomic E-state index is 0.0712. The van der Waals surface area contributed by atoms with Gasteiger partial charge in [0.25, 0.3) is 0 Å². The third kappa shape index (κ3) is 4.30. The van der Waals surface area contributed by atoms with E-state index in [2.05, 4.69) is 34.3 Å². The van der Waals surface area contributed by atoms with Crippen LogP contribution in [0.5, 0.6) is 0 Å². The van der Waals surface area contributed by atoms with Crippen LogP contribution in [-0.4, -0.2) is 15.9 Å². The molecule has 2 aromatic heterocycles. The van der Waals surface area contributed by atoms with Crippen molar-refractivity contribution >= 4 is 34.3 Å². The number of amides is 1. The molecule has 0 radical (unpaired) electrons. The molecule has 2 heterocycles. The quantitative estimate of drug-likeness (QED) is 0.494. The van der Waals surface area contributed by atoms with E-state index >= 15 is 0 Å². The van der Waals surface area contributed by atoms with Crippen LogP contribution < -0.4 is 5.32 Å². The van der Waals surface area contributed by atoms with Crippen LogP contribution >= 0.6 is 22.7 Å². The maximum Gasteiger partial charge on any atom is 0.230 e. The topological polar surface area (TPSA) is 54.9 Å². The number of rotatable bonds is 5. The number of anilines is 1. The lowest BCUT2D eigenvalue weighted by Gasteiger charge is -2.05. The van der Waals surface area contributed by atoms with Gasteiger partial charge in [0, 0.05) is 33.8 Å². The van der Waals surface area contributed by atoms with Crippen molar-refractivity contribution in [3.05, 3.63) is 76.7 Å². The first kappa shape index (κ1) is 17.6. The summed E-state index contributed by atoms with van der Waals surface area (Å²) in [7, 11) is 0. The predicted molar refractivity (Wildman–Crippen MR) is 112 cm³/mol. The van der Waals surface area contributed by atoms with Gasteiger partial charge in [-0.2, -0.15) is 0 Å². The fourth-order valence-corrected chi connectivity index (χ4v) is 4.19. The van der Waals surface area contributed by atoms with E-state index in [1.807, 2.05) is 47.2 Å². The molecule has 0 fully saturated rings. The fraction of sp³-hybridized carbons (Fsp3) is 0.0952. The third-order valence-electron chi connectivity index (χ3n) is 4.01. The van der Waals surface area contributed by atoms with Crippen molar-refractivity contribution in [2.45, 2.75) is 13.3 Å². The molecule has 4 nitrogen and oxygen atoms in total. The Morgan fingerprint density at radius 3 is 2.63 bits per heavy atom. The van der Waals surface area contributed by atoms with Crippen molar-refractivity contribution < 1.29 is 4.79 Å². The molecule has 6 heteroatoms. The molecule has 27 heavy (non-hydrogen) atoms. The molecule has 0 saturated carbocycles. The van der Waals surface area contributed by atoms with E-state index in [9.17, 15) is 4.79 Å². The van der Waals surface area contributed by atoms with Crippen LogP contribution in [-0.2, 0) is 11.2 Å². The summed E-state index contributed by atoms with van der Waals surface area (Å²) in [5, 5.41) is 8.74. The van der Waals surface area contributed by atoms with Gasteiger partial charge in [-0.05, 0) is 37.3 Å². The van der Waals surface area contributed by atoms with E-state index in [0.717, 1.165) is 32.5 Å². The largest absolute Gasteiger partial charge is 0.326 e. The van der Waals surface area contributed by atoms with E-state index in [-0.39, 0.29) is 12.3 Å². The summed E-state index contributed by atoms with van der Waals surface area (Å²) in [6, 6.07) is 16.0. The molecular formula is C21H17N3OS2. The summed E-state index contributed by atoms with van der Waals surface area (Å²) < 4.78 is 0. The lowest BCUT2D eigenvalue weighted by atomic mass is 10.1. The second-order valence-corrected chi connectivity index (χ2v) is 7.91. The predicted octanol–water partition coefficient (Wildman–Crippen LogP) is 5.42. The fourth-order valence-electron chi connectivity index (χ4n) is 2.73. The van der Waals surface area contributed by atoms with Gasteiger partial charge in [0.2, 0.25) is 5.91 Å². The number of hydrogen-bond donors (Lipinski definition) is 1. The number of aromatic nitrogens is 2. The number of thiazole rings is 2. The lowest BCUT2D eigenvalue weighted by Crippen LogP contribution is -2.14. The van der Waals surface area contributed by atoms with Crippen molar-refractivity contribution in [3.8, 4) is 21.1 Å². The minimum Gasteiger partial charge on any atom is -0.326 e. The highest BCUT2D eigenvalue weighted by atomic mass is 32.1. The molecule has 0 aliphatic rings. The summed E-state index contributed by atoms with van der Waals surface area (Å²) in [5.41, 5.74) is 4.89. The van der Waals surface area contributed by atoms with Gasteiger partial charge in [0.1, 0.15) is 10.0 Å². The van der Waals surface area contributed by atoms with E-state index in [0.29, 0.717) is 0 Å². The van der Waals surface area contributed by atoms with Gasteiger partial charge in [0.15, 0.2) is 0 Å². The maximum absolute atomic E-state index is 12.3. The minimum atomic E-state index is -0.0712. The SMILES string of the molecule is Cc1cccc(-c2nc(CC(=O)Nc3ccc(-c4nccs4)cc3)cs2)c1. The van der Waals surface area contributed by atoms with Crippen molar-refractivity contribution in [1.29, 1.82) is 0 Å². The first-order valence-corrected chi connectivity index (χ1v) is 10.2. The molecule has 1 N–H and O–H groups in total. The van der Waals surface area contributed by atoms with Gasteiger partial charge in [-0.1, -0.05) is 23.8 Å². The normalized spacial score (nSPS) is 10.7. The molecule has 0 aliphatic heterocycles. The number of nitrogens with zero attached hydrogens (tertiary/aromatic N) is 2. The molecule has 134 valence electrons.